The first-order valence-electron chi connectivity index (χ1n) is 9.01. The number of nitrogens with zero attached hydrogens (tertiary/aromatic N) is 1. The molecule has 4 aliphatic rings. The molecule has 0 heterocycles. The monoisotopic (exact) mass is 278 g/mol. The molecule has 20 heavy (non-hydrogen) atoms. The molecule has 0 radical (unpaired) electrons. The normalized spacial score (nSPS) is 40.5. The molecule has 0 aliphatic heterocycles. The fourth-order valence-corrected chi connectivity index (χ4v) is 6.03. The Labute approximate surface area is 125 Å². The third-order valence-corrected chi connectivity index (χ3v) is 6.56. The highest BCUT2D eigenvalue weighted by atomic mass is 15.1. The van der Waals surface area contributed by atoms with Crippen LogP contribution in [0.5, 0.6) is 0 Å². The van der Waals surface area contributed by atoms with Crippen molar-refractivity contribution in [2.24, 2.45) is 23.2 Å². The third kappa shape index (κ3) is 2.78. The third-order valence-electron chi connectivity index (χ3n) is 6.56. The minimum absolute atomic E-state index is 0.643. The zero-order chi connectivity index (χ0) is 14.2. The van der Waals surface area contributed by atoms with Crippen molar-refractivity contribution < 1.29 is 0 Å². The lowest BCUT2D eigenvalue weighted by molar-refractivity contribution is -0.0766. The second-order valence-electron chi connectivity index (χ2n) is 8.24. The van der Waals surface area contributed by atoms with Crippen LogP contribution in [-0.4, -0.2) is 38.1 Å². The second kappa shape index (κ2) is 5.96. The zero-order valence-corrected chi connectivity index (χ0v) is 13.8. The Kier molecular flexibility index (Phi) is 4.42. The van der Waals surface area contributed by atoms with Crippen molar-refractivity contribution in [1.82, 2.24) is 10.2 Å². The van der Waals surface area contributed by atoms with Crippen LogP contribution in [0.4, 0.5) is 0 Å². The summed E-state index contributed by atoms with van der Waals surface area (Å²) in [4.78, 5) is 2.57. The van der Waals surface area contributed by atoms with Gasteiger partial charge in [0.05, 0.1) is 0 Å². The standard InChI is InChI=1S/C18H34N2/c1-4-5-6-20(3)13-17(19-2)18-10-14-7-15(11-18)9-16(8-14)12-18/h14-17,19H,4-13H2,1-3H3. The average Bonchev–Trinajstić information content (AvgIpc) is 2.40. The van der Waals surface area contributed by atoms with Crippen LogP contribution < -0.4 is 5.32 Å². The molecule has 116 valence electrons. The van der Waals surface area contributed by atoms with Gasteiger partial charge in [-0.2, -0.15) is 0 Å². The molecule has 0 amide bonds. The van der Waals surface area contributed by atoms with Crippen LogP contribution >= 0.6 is 0 Å². The van der Waals surface area contributed by atoms with Crippen LogP contribution in [0.25, 0.3) is 0 Å². The number of hydrogen-bond donors (Lipinski definition) is 1. The molecule has 4 fully saturated rings. The summed E-state index contributed by atoms with van der Waals surface area (Å²) in [5, 5.41) is 3.72. The summed E-state index contributed by atoms with van der Waals surface area (Å²) < 4.78 is 0. The Morgan fingerprint density at radius 1 is 1.10 bits per heavy atom. The van der Waals surface area contributed by atoms with Crippen LogP contribution in [0.2, 0.25) is 0 Å². The van der Waals surface area contributed by atoms with Gasteiger partial charge in [-0.3, -0.25) is 0 Å². The van der Waals surface area contributed by atoms with Crippen molar-refractivity contribution in [3.8, 4) is 0 Å². The summed E-state index contributed by atoms with van der Waals surface area (Å²) in [5.74, 6) is 3.20. The molecule has 4 rings (SSSR count). The highest BCUT2D eigenvalue weighted by Crippen LogP contribution is 2.61. The van der Waals surface area contributed by atoms with Gasteiger partial charge in [0.2, 0.25) is 0 Å². The van der Waals surface area contributed by atoms with Gasteiger partial charge in [-0.15, -0.1) is 0 Å². The molecule has 0 aromatic carbocycles. The number of hydrogen-bond acceptors (Lipinski definition) is 2. The highest BCUT2D eigenvalue weighted by Gasteiger charge is 2.53. The lowest BCUT2D eigenvalue weighted by atomic mass is 9.47. The second-order valence-corrected chi connectivity index (χ2v) is 8.24. The van der Waals surface area contributed by atoms with Crippen LogP contribution in [0, 0.1) is 23.2 Å². The van der Waals surface area contributed by atoms with Crippen LogP contribution in [0.3, 0.4) is 0 Å². The van der Waals surface area contributed by atoms with E-state index in [1.807, 2.05) is 0 Å². The lowest BCUT2D eigenvalue weighted by Gasteiger charge is -2.59. The van der Waals surface area contributed by atoms with Crippen molar-refractivity contribution in [3.05, 3.63) is 0 Å². The van der Waals surface area contributed by atoms with Gasteiger partial charge in [0, 0.05) is 12.6 Å². The van der Waals surface area contributed by atoms with Gasteiger partial charge in [0.25, 0.3) is 0 Å². The molecule has 2 heteroatoms. The average molecular weight is 278 g/mol. The van der Waals surface area contributed by atoms with E-state index in [2.05, 4.69) is 31.2 Å². The highest BCUT2D eigenvalue weighted by molar-refractivity contribution is 5.06. The van der Waals surface area contributed by atoms with E-state index in [0.29, 0.717) is 5.41 Å². The van der Waals surface area contributed by atoms with Gasteiger partial charge in [0.1, 0.15) is 0 Å². The fraction of sp³-hybridized carbons (Fsp3) is 1.00. The van der Waals surface area contributed by atoms with E-state index in [0.717, 1.165) is 23.8 Å². The molecular formula is C18H34N2. The van der Waals surface area contributed by atoms with Gasteiger partial charge in [0.15, 0.2) is 0 Å². The van der Waals surface area contributed by atoms with E-state index in [4.69, 9.17) is 0 Å². The van der Waals surface area contributed by atoms with Crippen molar-refractivity contribution in [1.29, 1.82) is 0 Å². The first-order chi connectivity index (χ1) is 9.65. The summed E-state index contributed by atoms with van der Waals surface area (Å²) in [6.45, 7) is 4.81. The Balaban J connectivity index is 1.66. The number of rotatable bonds is 7. The lowest BCUT2D eigenvalue weighted by Crippen LogP contribution is -2.58. The largest absolute Gasteiger partial charge is 0.315 e. The van der Waals surface area contributed by atoms with E-state index < -0.39 is 0 Å². The molecule has 4 saturated carbocycles. The van der Waals surface area contributed by atoms with Crippen molar-refractivity contribution in [2.45, 2.75) is 64.3 Å². The summed E-state index contributed by atoms with van der Waals surface area (Å²) in [6.07, 6.45) is 11.9. The van der Waals surface area contributed by atoms with Gasteiger partial charge in [-0.1, -0.05) is 13.3 Å². The Morgan fingerprint density at radius 3 is 2.10 bits per heavy atom. The maximum Gasteiger partial charge on any atom is 0.0248 e. The van der Waals surface area contributed by atoms with Gasteiger partial charge in [-0.05, 0) is 88.8 Å². The van der Waals surface area contributed by atoms with Gasteiger partial charge < -0.3 is 10.2 Å². The van der Waals surface area contributed by atoms with Crippen molar-refractivity contribution in [3.63, 3.8) is 0 Å². The minimum atomic E-state index is 0.643. The molecule has 0 aromatic rings. The molecule has 0 saturated heterocycles. The Bertz CT molecular complexity index is 290. The molecule has 1 N–H and O–H groups in total. The summed E-state index contributed by atoms with van der Waals surface area (Å²) in [5.41, 5.74) is 0.643. The van der Waals surface area contributed by atoms with Gasteiger partial charge >= 0.3 is 0 Å². The number of nitrogens with one attached hydrogen (secondary N) is 1. The molecule has 2 nitrogen and oxygen atoms in total. The van der Waals surface area contributed by atoms with E-state index in [-0.39, 0.29) is 0 Å². The smallest absolute Gasteiger partial charge is 0.0248 e. The fourth-order valence-electron chi connectivity index (χ4n) is 6.03. The first-order valence-corrected chi connectivity index (χ1v) is 9.01. The van der Waals surface area contributed by atoms with Crippen LogP contribution in [-0.2, 0) is 0 Å². The summed E-state index contributed by atoms with van der Waals surface area (Å²) in [6, 6.07) is 0.720. The molecule has 0 aromatic heterocycles. The molecule has 4 bridgehead atoms. The van der Waals surface area contributed by atoms with Crippen molar-refractivity contribution in [2.75, 3.05) is 27.2 Å². The number of unbranched alkanes of at least 4 members (excludes halogenated alkanes) is 1. The molecule has 1 atom stereocenters. The van der Waals surface area contributed by atoms with Crippen LogP contribution in [0.15, 0.2) is 0 Å². The quantitative estimate of drug-likeness (QED) is 0.766. The van der Waals surface area contributed by atoms with Gasteiger partial charge in [-0.25, -0.2) is 0 Å². The molecule has 0 spiro atoms. The minimum Gasteiger partial charge on any atom is -0.315 e. The molecule has 4 aliphatic carbocycles. The molecular weight excluding hydrogens is 244 g/mol. The van der Waals surface area contributed by atoms with E-state index in [9.17, 15) is 0 Å². The predicted molar refractivity (Wildman–Crippen MR) is 85.9 cm³/mol. The maximum absolute atomic E-state index is 3.72. The van der Waals surface area contributed by atoms with E-state index >= 15 is 0 Å². The van der Waals surface area contributed by atoms with E-state index in [1.165, 1.54) is 45.2 Å². The maximum atomic E-state index is 3.72. The number of likely N-dealkylation sites (N-methyl/N-ethyl adjacent to an activating group) is 2. The first kappa shape index (κ1) is 14.8. The zero-order valence-electron chi connectivity index (χ0n) is 13.8. The van der Waals surface area contributed by atoms with Crippen molar-refractivity contribution >= 4 is 0 Å². The Hall–Kier alpha value is -0.0800. The summed E-state index contributed by atoms with van der Waals surface area (Å²) in [7, 11) is 4.53. The molecule has 1 unspecified atom stereocenters. The summed E-state index contributed by atoms with van der Waals surface area (Å²) >= 11 is 0. The predicted octanol–water partition coefficient (Wildman–Crippen LogP) is 3.52. The van der Waals surface area contributed by atoms with E-state index in [1.54, 1.807) is 19.3 Å². The Morgan fingerprint density at radius 2 is 1.65 bits per heavy atom. The topological polar surface area (TPSA) is 15.3 Å². The SMILES string of the molecule is CCCCN(C)CC(NC)C12CC3CC(CC(C3)C1)C2. The van der Waals surface area contributed by atoms with Crippen LogP contribution in [0.1, 0.15) is 58.3 Å².